The summed E-state index contributed by atoms with van der Waals surface area (Å²) in [5.74, 6) is 0.357. The van der Waals surface area contributed by atoms with Crippen molar-refractivity contribution < 1.29 is 23.8 Å². The maximum atomic E-state index is 10.9. The average Bonchev–Trinajstić information content (AvgIpc) is 2.37. The molecule has 0 aliphatic heterocycles. The molecule has 5 nitrogen and oxygen atoms in total. The molecule has 0 heterocycles. The van der Waals surface area contributed by atoms with Crippen molar-refractivity contribution in [1.82, 2.24) is 0 Å². The Labute approximate surface area is 99.3 Å². The number of carbonyl (C=O) groups is 2. The van der Waals surface area contributed by atoms with E-state index in [0.717, 1.165) is 0 Å². The van der Waals surface area contributed by atoms with Gasteiger partial charge < -0.3 is 14.2 Å². The third-order valence-electron chi connectivity index (χ3n) is 1.98. The first kappa shape index (κ1) is 13.0. The molecule has 1 aromatic carbocycles. The number of ether oxygens (including phenoxy) is 3. The van der Waals surface area contributed by atoms with Gasteiger partial charge in [-0.2, -0.15) is 0 Å². The molecule has 0 N–H and O–H groups in total. The van der Waals surface area contributed by atoms with E-state index in [1.54, 1.807) is 18.2 Å². The minimum absolute atomic E-state index is 0.197. The van der Waals surface area contributed by atoms with Crippen LogP contribution in [0, 0.1) is 0 Å². The van der Waals surface area contributed by atoms with E-state index in [9.17, 15) is 9.59 Å². The second kappa shape index (κ2) is 6.52. The maximum absolute atomic E-state index is 10.9. The molecule has 92 valence electrons. The molecule has 0 aliphatic rings. The highest BCUT2D eigenvalue weighted by Crippen LogP contribution is 2.27. The van der Waals surface area contributed by atoms with Crippen LogP contribution in [0.3, 0.4) is 0 Å². The van der Waals surface area contributed by atoms with Gasteiger partial charge in [0.15, 0.2) is 18.1 Å². The largest absolute Gasteiger partial charge is 0.490 e. The standard InChI is InChI=1S/C12H14O5/c1-3-16-11-6-9(7-13)4-5-10(11)17-8-12(14)15-2/h4-7H,3,8H2,1-2H3. The fraction of sp³-hybridized carbons (Fsp3) is 0.333. The maximum Gasteiger partial charge on any atom is 0.343 e. The summed E-state index contributed by atoms with van der Waals surface area (Å²) in [5, 5.41) is 0. The molecule has 0 spiro atoms. The monoisotopic (exact) mass is 238 g/mol. The summed E-state index contributed by atoms with van der Waals surface area (Å²) in [6, 6.07) is 4.73. The SMILES string of the molecule is CCOc1cc(C=O)ccc1OCC(=O)OC. The van der Waals surface area contributed by atoms with Gasteiger partial charge >= 0.3 is 5.97 Å². The minimum atomic E-state index is -0.480. The van der Waals surface area contributed by atoms with E-state index in [2.05, 4.69) is 4.74 Å². The van der Waals surface area contributed by atoms with E-state index in [-0.39, 0.29) is 6.61 Å². The fourth-order valence-electron chi connectivity index (χ4n) is 1.18. The van der Waals surface area contributed by atoms with Crippen LogP contribution in [0.5, 0.6) is 11.5 Å². The van der Waals surface area contributed by atoms with Gasteiger partial charge in [-0.1, -0.05) is 0 Å². The molecule has 0 unspecified atom stereocenters. The van der Waals surface area contributed by atoms with Gasteiger partial charge in [-0.05, 0) is 25.1 Å². The second-order valence-electron chi connectivity index (χ2n) is 3.12. The molecular weight excluding hydrogens is 224 g/mol. The molecule has 0 atom stereocenters. The van der Waals surface area contributed by atoms with Crippen molar-refractivity contribution >= 4 is 12.3 Å². The van der Waals surface area contributed by atoms with Gasteiger partial charge in [-0.15, -0.1) is 0 Å². The highest BCUT2D eigenvalue weighted by molar-refractivity contribution is 5.76. The molecule has 0 aliphatic carbocycles. The first-order chi connectivity index (χ1) is 8.21. The highest BCUT2D eigenvalue weighted by Gasteiger charge is 2.08. The Hall–Kier alpha value is -2.04. The Morgan fingerprint density at radius 3 is 2.65 bits per heavy atom. The van der Waals surface area contributed by atoms with Crippen LogP contribution in [-0.4, -0.2) is 32.6 Å². The summed E-state index contributed by atoms with van der Waals surface area (Å²) in [6.07, 6.45) is 0.715. The van der Waals surface area contributed by atoms with Crippen molar-refractivity contribution in [2.75, 3.05) is 20.3 Å². The first-order valence-corrected chi connectivity index (χ1v) is 5.13. The third-order valence-corrected chi connectivity index (χ3v) is 1.98. The number of methoxy groups -OCH3 is 1. The lowest BCUT2D eigenvalue weighted by Gasteiger charge is -2.11. The quantitative estimate of drug-likeness (QED) is 0.554. The zero-order chi connectivity index (χ0) is 12.7. The summed E-state index contributed by atoms with van der Waals surface area (Å²) in [4.78, 5) is 21.5. The normalized spacial score (nSPS) is 9.53. The number of aldehydes is 1. The molecule has 0 amide bonds. The molecule has 1 rings (SSSR count). The van der Waals surface area contributed by atoms with Crippen LogP contribution < -0.4 is 9.47 Å². The minimum Gasteiger partial charge on any atom is -0.490 e. The number of esters is 1. The lowest BCUT2D eigenvalue weighted by molar-refractivity contribution is -0.142. The van der Waals surface area contributed by atoms with E-state index in [4.69, 9.17) is 9.47 Å². The molecule has 0 radical (unpaired) electrons. The van der Waals surface area contributed by atoms with Crippen LogP contribution in [0.4, 0.5) is 0 Å². The van der Waals surface area contributed by atoms with Crippen molar-refractivity contribution in [3.63, 3.8) is 0 Å². The van der Waals surface area contributed by atoms with E-state index in [1.165, 1.54) is 7.11 Å². The third kappa shape index (κ3) is 3.79. The van der Waals surface area contributed by atoms with Gasteiger partial charge in [0.25, 0.3) is 0 Å². The van der Waals surface area contributed by atoms with E-state index in [0.29, 0.717) is 30.0 Å². The topological polar surface area (TPSA) is 61.8 Å². The summed E-state index contributed by atoms with van der Waals surface area (Å²) < 4.78 is 15.0. The average molecular weight is 238 g/mol. The number of benzene rings is 1. The van der Waals surface area contributed by atoms with Gasteiger partial charge in [-0.3, -0.25) is 4.79 Å². The number of hydrogen-bond acceptors (Lipinski definition) is 5. The predicted molar refractivity (Wildman–Crippen MR) is 60.5 cm³/mol. The molecule has 0 saturated carbocycles. The summed E-state index contributed by atoms with van der Waals surface area (Å²) >= 11 is 0. The van der Waals surface area contributed by atoms with Crippen LogP contribution in [0.15, 0.2) is 18.2 Å². The molecule has 0 saturated heterocycles. The smallest absolute Gasteiger partial charge is 0.343 e. The van der Waals surface area contributed by atoms with E-state index < -0.39 is 5.97 Å². The lowest BCUT2D eigenvalue weighted by Crippen LogP contribution is -2.13. The Kier molecular flexibility index (Phi) is 5.00. The number of carbonyl (C=O) groups excluding carboxylic acids is 2. The van der Waals surface area contributed by atoms with Gasteiger partial charge in [0.05, 0.1) is 13.7 Å². The molecule has 0 bridgehead atoms. The van der Waals surface area contributed by atoms with Crippen LogP contribution in [-0.2, 0) is 9.53 Å². The van der Waals surface area contributed by atoms with E-state index in [1.807, 2.05) is 6.92 Å². The van der Waals surface area contributed by atoms with E-state index >= 15 is 0 Å². The highest BCUT2D eigenvalue weighted by atomic mass is 16.6. The van der Waals surface area contributed by atoms with Gasteiger partial charge in [0, 0.05) is 5.56 Å². The second-order valence-corrected chi connectivity index (χ2v) is 3.12. The Balaban J connectivity index is 2.82. The predicted octanol–water partition coefficient (Wildman–Crippen LogP) is 1.45. The van der Waals surface area contributed by atoms with Gasteiger partial charge in [0.1, 0.15) is 6.29 Å². The van der Waals surface area contributed by atoms with Gasteiger partial charge in [0.2, 0.25) is 0 Å². The Bertz CT molecular complexity index is 400. The number of hydrogen-bond donors (Lipinski definition) is 0. The Morgan fingerprint density at radius 1 is 1.29 bits per heavy atom. The van der Waals surface area contributed by atoms with Crippen molar-refractivity contribution in [2.24, 2.45) is 0 Å². The zero-order valence-electron chi connectivity index (χ0n) is 9.76. The fourth-order valence-corrected chi connectivity index (χ4v) is 1.18. The molecule has 17 heavy (non-hydrogen) atoms. The summed E-state index contributed by atoms with van der Waals surface area (Å²) in [6.45, 7) is 2.06. The molecule has 0 fully saturated rings. The summed E-state index contributed by atoms with van der Waals surface area (Å²) in [7, 11) is 1.28. The molecule has 0 aromatic heterocycles. The van der Waals surface area contributed by atoms with Crippen molar-refractivity contribution in [3.8, 4) is 11.5 Å². The number of rotatable bonds is 6. The molecular formula is C12H14O5. The van der Waals surface area contributed by atoms with Crippen LogP contribution in [0.25, 0.3) is 0 Å². The van der Waals surface area contributed by atoms with Gasteiger partial charge in [-0.25, -0.2) is 4.79 Å². The first-order valence-electron chi connectivity index (χ1n) is 5.13. The Morgan fingerprint density at radius 2 is 2.06 bits per heavy atom. The molecule has 1 aromatic rings. The van der Waals surface area contributed by atoms with Crippen LogP contribution in [0.1, 0.15) is 17.3 Å². The zero-order valence-corrected chi connectivity index (χ0v) is 9.76. The lowest BCUT2D eigenvalue weighted by atomic mass is 10.2. The molecule has 5 heteroatoms. The van der Waals surface area contributed by atoms with Crippen molar-refractivity contribution in [3.05, 3.63) is 23.8 Å². The van der Waals surface area contributed by atoms with Crippen molar-refractivity contribution in [2.45, 2.75) is 6.92 Å². The summed E-state index contributed by atoms with van der Waals surface area (Å²) in [5.41, 5.74) is 0.485. The van der Waals surface area contributed by atoms with Crippen molar-refractivity contribution in [1.29, 1.82) is 0 Å². The van der Waals surface area contributed by atoms with Crippen LogP contribution in [0.2, 0.25) is 0 Å². The van der Waals surface area contributed by atoms with Crippen LogP contribution >= 0.6 is 0 Å².